The first-order chi connectivity index (χ1) is 13.6. The molecular formula is C20H20Br2N2O4S. The predicted molar refractivity (Wildman–Crippen MR) is 120 cm³/mol. The van der Waals surface area contributed by atoms with Gasteiger partial charge in [0.15, 0.2) is 9.84 Å². The molecule has 0 saturated heterocycles. The number of fused-ring (bicyclic) bond motifs is 1. The van der Waals surface area contributed by atoms with Crippen LogP contribution in [-0.4, -0.2) is 32.0 Å². The van der Waals surface area contributed by atoms with E-state index in [0.29, 0.717) is 22.3 Å². The number of rotatable bonds is 5. The maximum atomic E-state index is 12.9. The molecule has 1 N–H and O–H groups in total. The van der Waals surface area contributed by atoms with Crippen LogP contribution in [0.2, 0.25) is 0 Å². The number of anilines is 2. The Kier molecular flexibility index (Phi) is 6.50. The van der Waals surface area contributed by atoms with Crippen molar-refractivity contribution in [3.8, 4) is 0 Å². The van der Waals surface area contributed by atoms with Gasteiger partial charge in [-0.1, -0.05) is 15.9 Å². The van der Waals surface area contributed by atoms with Crippen LogP contribution in [0.15, 0.2) is 50.2 Å². The number of nitrogens with zero attached hydrogens (tertiary/aromatic N) is 1. The molecule has 1 aliphatic heterocycles. The largest absolute Gasteiger partial charge is 0.326 e. The van der Waals surface area contributed by atoms with Gasteiger partial charge in [0.25, 0.3) is 0 Å². The van der Waals surface area contributed by atoms with E-state index in [-0.39, 0.29) is 34.9 Å². The van der Waals surface area contributed by atoms with E-state index in [1.165, 1.54) is 13.0 Å². The second-order valence-corrected chi connectivity index (χ2v) is 10.8. The molecule has 0 radical (unpaired) electrons. The van der Waals surface area contributed by atoms with Crippen LogP contribution in [-0.2, 0) is 25.8 Å². The number of hydrogen-bond donors (Lipinski definition) is 1. The van der Waals surface area contributed by atoms with Crippen molar-refractivity contribution in [2.45, 2.75) is 37.6 Å². The lowest BCUT2D eigenvalue weighted by Crippen LogP contribution is -2.33. The monoisotopic (exact) mass is 542 g/mol. The van der Waals surface area contributed by atoms with Gasteiger partial charge in [-0.25, -0.2) is 8.42 Å². The quantitative estimate of drug-likeness (QED) is 0.609. The third-order valence-corrected chi connectivity index (χ3v) is 7.95. The lowest BCUT2D eigenvalue weighted by Gasteiger charge is -2.21. The van der Waals surface area contributed by atoms with Gasteiger partial charge in [0.05, 0.1) is 10.6 Å². The Labute approximate surface area is 186 Å². The van der Waals surface area contributed by atoms with Crippen LogP contribution in [0.3, 0.4) is 0 Å². The number of carbonyl (C=O) groups excluding carboxylic acids is 2. The lowest BCUT2D eigenvalue weighted by molar-refractivity contribution is -0.117. The zero-order valence-corrected chi connectivity index (χ0v) is 19.9. The molecule has 1 heterocycles. The number of nitrogens with one attached hydrogen (secondary N) is 1. The minimum Gasteiger partial charge on any atom is -0.326 e. The highest BCUT2D eigenvalue weighted by atomic mass is 79.9. The van der Waals surface area contributed by atoms with E-state index in [9.17, 15) is 18.0 Å². The average molecular weight is 544 g/mol. The van der Waals surface area contributed by atoms with E-state index in [4.69, 9.17) is 0 Å². The third-order valence-electron chi connectivity index (χ3n) is 4.75. The molecule has 29 heavy (non-hydrogen) atoms. The van der Waals surface area contributed by atoms with Crippen molar-refractivity contribution in [2.24, 2.45) is 0 Å². The van der Waals surface area contributed by atoms with Gasteiger partial charge in [0.1, 0.15) is 0 Å². The molecule has 0 fully saturated rings. The minimum atomic E-state index is -3.73. The Morgan fingerprint density at radius 3 is 2.45 bits per heavy atom. The second-order valence-electron chi connectivity index (χ2n) is 6.98. The average Bonchev–Trinajstić information content (AvgIpc) is 2.96. The zero-order valence-electron chi connectivity index (χ0n) is 15.9. The molecule has 0 bridgehead atoms. The summed E-state index contributed by atoms with van der Waals surface area (Å²) in [5.41, 5.74) is 2.14. The Bertz CT molecular complexity index is 1070. The van der Waals surface area contributed by atoms with E-state index >= 15 is 0 Å². The fraction of sp³-hybridized carbons (Fsp3) is 0.300. The zero-order chi connectivity index (χ0) is 21.3. The molecule has 3 rings (SSSR count). The first-order valence-corrected chi connectivity index (χ1v) is 12.2. The summed E-state index contributed by atoms with van der Waals surface area (Å²) < 4.78 is 27.1. The third kappa shape index (κ3) is 4.90. The standard InChI is InChI=1S/C20H20Br2N2O4S/c1-12-9-14-10-17(22)19(11-18(14)24(12)13(2)25)29(27,28)8-7-20(26)23-16-5-3-15(21)4-6-16/h3-6,10-12H,7-9H2,1-2H3,(H,23,26)/t12-/m1/s1. The van der Waals surface area contributed by atoms with Crippen LogP contribution >= 0.6 is 31.9 Å². The predicted octanol–water partition coefficient (Wildman–Crippen LogP) is 4.31. The molecule has 2 amide bonds. The van der Waals surface area contributed by atoms with Crippen molar-refractivity contribution in [3.05, 3.63) is 50.9 Å². The molecule has 0 aliphatic carbocycles. The Hall–Kier alpha value is -1.71. The summed E-state index contributed by atoms with van der Waals surface area (Å²) in [6.07, 6.45) is 0.498. The number of hydrogen-bond acceptors (Lipinski definition) is 4. The van der Waals surface area contributed by atoms with Gasteiger partial charge in [-0.15, -0.1) is 0 Å². The summed E-state index contributed by atoms with van der Waals surface area (Å²) in [6.45, 7) is 3.39. The van der Waals surface area contributed by atoms with E-state index in [0.717, 1.165) is 10.0 Å². The molecule has 0 aromatic heterocycles. The number of carbonyl (C=O) groups is 2. The SMILES string of the molecule is CC(=O)N1c2cc(S(=O)(=O)CCC(=O)Nc3ccc(Br)cc3)c(Br)cc2C[C@H]1C. The van der Waals surface area contributed by atoms with Gasteiger partial charge in [0, 0.05) is 39.7 Å². The van der Waals surface area contributed by atoms with Crippen molar-refractivity contribution in [2.75, 3.05) is 16.0 Å². The van der Waals surface area contributed by atoms with Gasteiger partial charge >= 0.3 is 0 Å². The number of benzene rings is 2. The van der Waals surface area contributed by atoms with Gasteiger partial charge < -0.3 is 10.2 Å². The topological polar surface area (TPSA) is 83.6 Å². The van der Waals surface area contributed by atoms with Crippen molar-refractivity contribution in [1.29, 1.82) is 0 Å². The molecule has 2 aromatic carbocycles. The molecule has 0 spiro atoms. The summed E-state index contributed by atoms with van der Waals surface area (Å²) in [4.78, 5) is 25.9. The lowest BCUT2D eigenvalue weighted by atomic mass is 10.1. The fourth-order valence-corrected chi connectivity index (χ4v) is 6.15. The molecule has 0 saturated carbocycles. The molecule has 154 valence electrons. The molecule has 1 atom stereocenters. The normalized spacial score (nSPS) is 15.9. The second kappa shape index (κ2) is 8.57. The van der Waals surface area contributed by atoms with E-state index in [1.54, 1.807) is 35.2 Å². The summed E-state index contributed by atoms with van der Waals surface area (Å²) in [5.74, 6) is -0.842. The Morgan fingerprint density at radius 2 is 1.83 bits per heavy atom. The Balaban J connectivity index is 1.77. The van der Waals surface area contributed by atoms with Crippen LogP contribution < -0.4 is 10.2 Å². The van der Waals surface area contributed by atoms with Gasteiger partial charge in [0.2, 0.25) is 11.8 Å². The van der Waals surface area contributed by atoms with Crippen LogP contribution in [0, 0.1) is 0 Å². The number of sulfone groups is 1. The number of amides is 2. The van der Waals surface area contributed by atoms with Gasteiger partial charge in [-0.2, -0.15) is 0 Å². The summed E-state index contributed by atoms with van der Waals surface area (Å²) in [6, 6.07) is 10.3. The van der Waals surface area contributed by atoms with Gasteiger partial charge in [-0.05, 0) is 71.2 Å². The van der Waals surface area contributed by atoms with Crippen LogP contribution in [0.1, 0.15) is 25.8 Å². The van der Waals surface area contributed by atoms with E-state index < -0.39 is 9.84 Å². The van der Waals surface area contributed by atoms with Crippen molar-refractivity contribution < 1.29 is 18.0 Å². The smallest absolute Gasteiger partial charge is 0.225 e. The number of halogens is 2. The maximum absolute atomic E-state index is 12.9. The van der Waals surface area contributed by atoms with E-state index in [2.05, 4.69) is 37.2 Å². The summed E-state index contributed by atoms with van der Waals surface area (Å²) in [7, 11) is -3.73. The first-order valence-electron chi connectivity index (χ1n) is 8.99. The first kappa shape index (κ1) is 22.0. The highest BCUT2D eigenvalue weighted by Crippen LogP contribution is 2.38. The summed E-state index contributed by atoms with van der Waals surface area (Å²) in [5, 5.41) is 2.69. The summed E-state index contributed by atoms with van der Waals surface area (Å²) >= 11 is 6.66. The molecule has 2 aromatic rings. The van der Waals surface area contributed by atoms with Gasteiger partial charge in [-0.3, -0.25) is 9.59 Å². The minimum absolute atomic E-state index is 0.0240. The van der Waals surface area contributed by atoms with Crippen LogP contribution in [0.4, 0.5) is 11.4 Å². The highest BCUT2D eigenvalue weighted by molar-refractivity contribution is 9.10. The van der Waals surface area contributed by atoms with Crippen molar-refractivity contribution in [1.82, 2.24) is 0 Å². The highest BCUT2D eigenvalue weighted by Gasteiger charge is 2.32. The molecule has 6 nitrogen and oxygen atoms in total. The fourth-order valence-electron chi connectivity index (χ4n) is 3.43. The maximum Gasteiger partial charge on any atom is 0.225 e. The molecular weight excluding hydrogens is 524 g/mol. The Morgan fingerprint density at radius 1 is 1.17 bits per heavy atom. The van der Waals surface area contributed by atoms with Crippen molar-refractivity contribution >= 4 is 64.9 Å². The molecule has 1 aliphatic rings. The van der Waals surface area contributed by atoms with E-state index in [1.807, 2.05) is 6.92 Å². The van der Waals surface area contributed by atoms with Crippen LogP contribution in [0.25, 0.3) is 0 Å². The molecule has 0 unspecified atom stereocenters. The van der Waals surface area contributed by atoms with Crippen LogP contribution in [0.5, 0.6) is 0 Å². The van der Waals surface area contributed by atoms with Crippen molar-refractivity contribution in [3.63, 3.8) is 0 Å². The molecule has 9 heteroatoms.